The Morgan fingerprint density at radius 2 is 1.94 bits per heavy atom. The van der Waals surface area contributed by atoms with Crippen LogP contribution in [0.4, 0.5) is 0 Å². The van der Waals surface area contributed by atoms with Crippen molar-refractivity contribution in [2.24, 2.45) is 11.8 Å². The molecule has 1 fully saturated rings. The maximum absolute atomic E-state index is 13.1. The Morgan fingerprint density at radius 1 is 1.19 bits per heavy atom. The van der Waals surface area contributed by atoms with Crippen LogP contribution in [-0.2, 0) is 27.9 Å². The van der Waals surface area contributed by atoms with E-state index in [1.807, 2.05) is 19.9 Å². The lowest BCUT2D eigenvalue weighted by atomic mass is 9.94. The summed E-state index contributed by atoms with van der Waals surface area (Å²) in [6, 6.07) is 9.71. The fourth-order valence-electron chi connectivity index (χ4n) is 4.20. The predicted molar refractivity (Wildman–Crippen MR) is 118 cm³/mol. The van der Waals surface area contributed by atoms with Crippen LogP contribution in [0.1, 0.15) is 26.0 Å². The number of piperidine rings is 1. The number of nitrogens with zero attached hydrogens (tertiary/aromatic N) is 3. The first-order valence-electron chi connectivity index (χ1n) is 10.5. The molecular formula is C22H26N4O5S. The average Bonchev–Trinajstić information content (AvgIpc) is 3.06. The second-order valence-electron chi connectivity index (χ2n) is 8.45. The minimum atomic E-state index is -3.71. The fraction of sp³-hybridized carbons (Fsp3) is 0.409. The van der Waals surface area contributed by atoms with Crippen LogP contribution in [0.15, 0.2) is 56.7 Å². The zero-order valence-electron chi connectivity index (χ0n) is 18.0. The number of benzene rings is 1. The van der Waals surface area contributed by atoms with Crippen molar-refractivity contribution in [3.63, 3.8) is 0 Å². The van der Waals surface area contributed by atoms with Crippen molar-refractivity contribution < 1.29 is 17.6 Å². The summed E-state index contributed by atoms with van der Waals surface area (Å²) in [5, 5.41) is 2.71. The highest BCUT2D eigenvalue weighted by atomic mass is 32.2. The maximum Gasteiger partial charge on any atom is 0.420 e. The molecule has 0 radical (unpaired) electrons. The van der Waals surface area contributed by atoms with E-state index in [1.165, 1.54) is 27.1 Å². The van der Waals surface area contributed by atoms with Gasteiger partial charge in [0.25, 0.3) is 0 Å². The molecule has 1 saturated heterocycles. The molecule has 0 spiro atoms. The molecule has 10 heteroatoms. The third kappa shape index (κ3) is 4.61. The summed E-state index contributed by atoms with van der Waals surface area (Å²) < 4.78 is 34.2. The number of hydrogen-bond donors (Lipinski definition) is 1. The number of carbonyl (C=O) groups is 1. The molecular weight excluding hydrogens is 432 g/mol. The molecule has 0 unspecified atom stereocenters. The van der Waals surface area contributed by atoms with Crippen molar-refractivity contribution in [1.82, 2.24) is 19.2 Å². The largest absolute Gasteiger partial charge is 0.420 e. The molecule has 3 heterocycles. The van der Waals surface area contributed by atoms with Crippen LogP contribution in [0.3, 0.4) is 0 Å². The lowest BCUT2D eigenvalue weighted by Gasteiger charge is -2.34. The van der Waals surface area contributed by atoms with Crippen LogP contribution >= 0.6 is 0 Å². The fourth-order valence-corrected chi connectivity index (χ4v) is 5.89. The third-order valence-corrected chi connectivity index (χ3v) is 7.44. The van der Waals surface area contributed by atoms with E-state index < -0.39 is 15.8 Å². The molecule has 0 aliphatic carbocycles. The van der Waals surface area contributed by atoms with Gasteiger partial charge in [-0.05, 0) is 42.5 Å². The van der Waals surface area contributed by atoms with Gasteiger partial charge in [0.1, 0.15) is 6.54 Å². The summed E-state index contributed by atoms with van der Waals surface area (Å²) in [6.45, 7) is 5.00. The number of aromatic nitrogens is 2. The van der Waals surface area contributed by atoms with Crippen molar-refractivity contribution in [2.45, 2.75) is 38.3 Å². The molecule has 2 aromatic heterocycles. The Hall–Kier alpha value is -2.98. The Kier molecular flexibility index (Phi) is 6.16. The van der Waals surface area contributed by atoms with Crippen LogP contribution in [-0.4, -0.2) is 41.3 Å². The molecule has 2 atom stereocenters. The second-order valence-corrected chi connectivity index (χ2v) is 10.4. The number of hydrogen-bond acceptors (Lipinski definition) is 6. The van der Waals surface area contributed by atoms with Crippen molar-refractivity contribution in [3.8, 4) is 0 Å². The first-order valence-corrected chi connectivity index (χ1v) is 12.0. The van der Waals surface area contributed by atoms with E-state index in [2.05, 4.69) is 10.3 Å². The first kappa shape index (κ1) is 22.2. The van der Waals surface area contributed by atoms with Crippen molar-refractivity contribution in [1.29, 1.82) is 0 Å². The van der Waals surface area contributed by atoms with Crippen LogP contribution in [0.25, 0.3) is 11.1 Å². The number of nitrogens with one attached hydrogen (secondary N) is 1. The van der Waals surface area contributed by atoms with E-state index in [-0.39, 0.29) is 41.3 Å². The van der Waals surface area contributed by atoms with Crippen molar-refractivity contribution in [2.75, 3.05) is 13.1 Å². The Bertz CT molecular complexity index is 1270. The quantitative estimate of drug-likeness (QED) is 0.604. The topological polar surface area (TPSA) is 115 Å². The zero-order chi connectivity index (χ0) is 22.9. The predicted octanol–water partition coefficient (Wildman–Crippen LogP) is 1.97. The van der Waals surface area contributed by atoms with Gasteiger partial charge in [0, 0.05) is 25.4 Å². The number of oxazole rings is 1. The van der Waals surface area contributed by atoms with Gasteiger partial charge in [0.15, 0.2) is 5.58 Å². The Balaban J connectivity index is 1.54. The summed E-state index contributed by atoms with van der Waals surface area (Å²) in [4.78, 5) is 28.9. The van der Waals surface area contributed by atoms with Gasteiger partial charge in [0.2, 0.25) is 15.9 Å². The highest BCUT2D eigenvalue weighted by Gasteiger charge is 2.32. The van der Waals surface area contributed by atoms with Crippen LogP contribution in [0.5, 0.6) is 0 Å². The number of fused-ring (bicyclic) bond motifs is 1. The van der Waals surface area contributed by atoms with Gasteiger partial charge in [-0.2, -0.15) is 4.31 Å². The number of amides is 1. The molecule has 170 valence electrons. The summed E-state index contributed by atoms with van der Waals surface area (Å²) >= 11 is 0. The first-order chi connectivity index (χ1) is 15.2. The van der Waals surface area contributed by atoms with Crippen LogP contribution < -0.4 is 11.1 Å². The van der Waals surface area contributed by atoms with Gasteiger partial charge in [-0.15, -0.1) is 0 Å². The third-order valence-electron chi connectivity index (χ3n) is 5.61. The molecule has 3 aromatic rings. The summed E-state index contributed by atoms with van der Waals surface area (Å²) in [5.41, 5.74) is 1.19. The van der Waals surface area contributed by atoms with Gasteiger partial charge in [-0.25, -0.2) is 13.2 Å². The average molecular weight is 459 g/mol. The van der Waals surface area contributed by atoms with E-state index >= 15 is 0 Å². The smallest absolute Gasteiger partial charge is 0.408 e. The van der Waals surface area contributed by atoms with E-state index in [0.717, 1.165) is 6.42 Å². The number of sulfonamides is 1. The van der Waals surface area contributed by atoms with Gasteiger partial charge < -0.3 is 9.73 Å². The minimum Gasteiger partial charge on any atom is -0.408 e. The monoisotopic (exact) mass is 458 g/mol. The second kappa shape index (κ2) is 8.87. The standard InChI is InChI=1S/C22H26N4O5S/c1-15-9-16(2)13-25(12-15)32(29,30)18-6-7-19-20(10-18)31-22(28)26(19)14-21(27)24-11-17-5-3-4-8-23-17/h3-8,10,15-16H,9,11-14H2,1-2H3,(H,24,27)/t15-,16-/m1/s1. The summed E-state index contributed by atoms with van der Waals surface area (Å²) in [7, 11) is -3.71. The molecule has 0 bridgehead atoms. The zero-order valence-corrected chi connectivity index (χ0v) is 18.8. The molecule has 32 heavy (non-hydrogen) atoms. The maximum atomic E-state index is 13.1. The van der Waals surface area contributed by atoms with E-state index in [4.69, 9.17) is 4.42 Å². The van der Waals surface area contributed by atoms with Gasteiger partial charge in [-0.3, -0.25) is 14.3 Å². The number of rotatable bonds is 6. The lowest BCUT2D eigenvalue weighted by molar-refractivity contribution is -0.121. The molecule has 9 nitrogen and oxygen atoms in total. The molecule has 0 saturated carbocycles. The van der Waals surface area contributed by atoms with E-state index in [0.29, 0.717) is 24.3 Å². The molecule has 1 N–H and O–H groups in total. The molecule has 1 aliphatic heterocycles. The Morgan fingerprint density at radius 3 is 2.62 bits per heavy atom. The van der Waals surface area contributed by atoms with Crippen LogP contribution in [0.2, 0.25) is 0 Å². The minimum absolute atomic E-state index is 0.0757. The Labute approximate surface area is 186 Å². The highest BCUT2D eigenvalue weighted by Crippen LogP contribution is 2.28. The van der Waals surface area contributed by atoms with Crippen molar-refractivity contribution in [3.05, 3.63) is 58.8 Å². The van der Waals surface area contributed by atoms with Gasteiger partial charge >= 0.3 is 5.76 Å². The molecule has 1 aliphatic rings. The summed E-state index contributed by atoms with van der Waals surface area (Å²) in [6.07, 6.45) is 2.62. The van der Waals surface area contributed by atoms with Gasteiger partial charge in [-0.1, -0.05) is 19.9 Å². The SMILES string of the molecule is C[C@@H]1C[C@@H](C)CN(S(=O)(=O)c2ccc3c(c2)oc(=O)n3CC(=O)NCc2ccccn2)C1. The van der Waals surface area contributed by atoms with Gasteiger partial charge in [0.05, 0.1) is 22.7 Å². The molecule has 1 aromatic carbocycles. The highest BCUT2D eigenvalue weighted by molar-refractivity contribution is 7.89. The van der Waals surface area contributed by atoms with Crippen molar-refractivity contribution >= 4 is 27.0 Å². The molecule has 4 rings (SSSR count). The molecule has 1 amide bonds. The number of pyridine rings is 1. The van der Waals surface area contributed by atoms with E-state index in [9.17, 15) is 18.0 Å². The normalized spacial score (nSPS) is 19.8. The lowest BCUT2D eigenvalue weighted by Crippen LogP contribution is -2.42. The number of carbonyl (C=O) groups excluding carboxylic acids is 1. The van der Waals surface area contributed by atoms with E-state index in [1.54, 1.807) is 18.3 Å². The van der Waals surface area contributed by atoms with Crippen LogP contribution in [0, 0.1) is 11.8 Å². The summed E-state index contributed by atoms with van der Waals surface area (Å²) in [5.74, 6) is -0.544.